The lowest BCUT2D eigenvalue weighted by molar-refractivity contribution is -0.133. The van der Waals surface area contributed by atoms with Crippen LogP contribution in [0.15, 0.2) is 16.5 Å². The van der Waals surface area contributed by atoms with Gasteiger partial charge in [0.15, 0.2) is 0 Å². The molecule has 2 aliphatic rings. The summed E-state index contributed by atoms with van der Waals surface area (Å²) in [5, 5.41) is 0. The first-order valence-corrected chi connectivity index (χ1v) is 10.4. The molecule has 1 aromatic rings. The molecule has 7 nitrogen and oxygen atoms in total. The van der Waals surface area contributed by atoms with Crippen LogP contribution in [0.25, 0.3) is 0 Å². The van der Waals surface area contributed by atoms with Gasteiger partial charge in [-0.3, -0.25) is 9.69 Å². The summed E-state index contributed by atoms with van der Waals surface area (Å²) in [5.74, 6) is 2.19. The third-order valence-electron chi connectivity index (χ3n) is 5.18. The van der Waals surface area contributed by atoms with E-state index in [0.717, 1.165) is 37.3 Å². The summed E-state index contributed by atoms with van der Waals surface area (Å²) in [7, 11) is 0. The smallest absolute Gasteiger partial charge is 0.409 e. The molecule has 1 saturated heterocycles. The second-order valence-electron chi connectivity index (χ2n) is 8.35. The van der Waals surface area contributed by atoms with Crippen molar-refractivity contribution in [3.63, 3.8) is 0 Å². The maximum Gasteiger partial charge on any atom is 0.409 e. The van der Waals surface area contributed by atoms with E-state index in [1.807, 2.05) is 37.8 Å². The van der Waals surface area contributed by atoms with E-state index in [-0.39, 0.29) is 12.0 Å². The Morgan fingerprint density at radius 2 is 2.00 bits per heavy atom. The molecule has 0 spiro atoms. The second kappa shape index (κ2) is 9.45. The molecule has 28 heavy (non-hydrogen) atoms. The fourth-order valence-corrected chi connectivity index (χ4v) is 3.47. The molecule has 0 atom stereocenters. The summed E-state index contributed by atoms with van der Waals surface area (Å²) in [4.78, 5) is 31.0. The van der Waals surface area contributed by atoms with Gasteiger partial charge in [0, 0.05) is 32.2 Å². The minimum absolute atomic E-state index is 0.146. The Bertz CT molecular complexity index is 668. The molecule has 0 aromatic carbocycles. The molecule has 1 aliphatic carbocycles. The van der Waals surface area contributed by atoms with Gasteiger partial charge in [-0.1, -0.05) is 13.8 Å². The van der Waals surface area contributed by atoms with Crippen molar-refractivity contribution in [2.24, 2.45) is 5.92 Å². The summed E-state index contributed by atoms with van der Waals surface area (Å²) in [6, 6.07) is 4.23. The molecule has 1 saturated carbocycles. The largest absolute Gasteiger partial charge is 0.464 e. The Kier molecular flexibility index (Phi) is 6.99. The van der Waals surface area contributed by atoms with Crippen LogP contribution in [0, 0.1) is 12.8 Å². The fourth-order valence-electron chi connectivity index (χ4n) is 3.47. The quantitative estimate of drug-likeness (QED) is 0.715. The number of aryl methyl sites for hydroxylation is 1. The Morgan fingerprint density at radius 1 is 1.21 bits per heavy atom. The number of hydrogen-bond donors (Lipinski definition) is 0. The maximum atomic E-state index is 12.9. The molecular weight excluding hydrogens is 358 g/mol. The average Bonchev–Trinajstić information content (AvgIpc) is 3.44. The number of furan rings is 1. The Morgan fingerprint density at radius 3 is 2.64 bits per heavy atom. The van der Waals surface area contributed by atoms with Crippen LogP contribution >= 0.6 is 0 Å². The van der Waals surface area contributed by atoms with Crippen molar-refractivity contribution >= 4 is 12.0 Å². The molecule has 3 rings (SSSR count). The average molecular weight is 392 g/mol. The van der Waals surface area contributed by atoms with Crippen LogP contribution in [-0.2, 0) is 16.1 Å². The van der Waals surface area contributed by atoms with E-state index in [4.69, 9.17) is 9.15 Å². The molecule has 2 fully saturated rings. The van der Waals surface area contributed by atoms with Crippen molar-refractivity contribution in [1.29, 1.82) is 0 Å². The predicted molar refractivity (Wildman–Crippen MR) is 106 cm³/mol. The molecule has 0 N–H and O–H groups in total. The molecular formula is C21H33N3O4. The van der Waals surface area contributed by atoms with Gasteiger partial charge >= 0.3 is 6.09 Å². The van der Waals surface area contributed by atoms with E-state index in [1.165, 1.54) is 0 Å². The summed E-state index contributed by atoms with van der Waals surface area (Å²) in [5.41, 5.74) is 0. The third kappa shape index (κ3) is 5.99. The minimum atomic E-state index is -0.241. The Labute approximate surface area is 167 Å². The number of ether oxygens (including phenoxy) is 1. The van der Waals surface area contributed by atoms with Crippen LogP contribution < -0.4 is 0 Å². The number of amides is 2. The first kappa shape index (κ1) is 20.7. The van der Waals surface area contributed by atoms with Crippen molar-refractivity contribution < 1.29 is 18.7 Å². The van der Waals surface area contributed by atoms with Crippen LogP contribution in [0.5, 0.6) is 0 Å². The van der Waals surface area contributed by atoms with Gasteiger partial charge in [-0.15, -0.1) is 0 Å². The lowest BCUT2D eigenvalue weighted by Gasteiger charge is -2.26. The maximum absolute atomic E-state index is 12.9. The predicted octanol–water partition coefficient (Wildman–Crippen LogP) is 2.88. The Hall–Kier alpha value is -2.02. The highest BCUT2D eigenvalue weighted by Gasteiger charge is 2.34. The number of rotatable bonds is 7. The van der Waals surface area contributed by atoms with E-state index in [0.29, 0.717) is 51.3 Å². The second-order valence-corrected chi connectivity index (χ2v) is 8.35. The lowest BCUT2D eigenvalue weighted by Crippen LogP contribution is -2.42. The standard InChI is InChI=1S/C21H33N3O4/c1-16(2)15-27-21(26)23-10-4-9-22(11-12-23)14-20(25)24(18-6-7-18)13-19-8-5-17(3)28-19/h5,8,16,18H,4,6-7,9-15H2,1-3H3. The fraction of sp³-hybridized carbons (Fsp3) is 0.714. The van der Waals surface area contributed by atoms with Gasteiger partial charge in [0.2, 0.25) is 5.91 Å². The van der Waals surface area contributed by atoms with Crippen LogP contribution in [0.2, 0.25) is 0 Å². The summed E-state index contributed by atoms with van der Waals surface area (Å²) < 4.78 is 11.0. The van der Waals surface area contributed by atoms with Gasteiger partial charge < -0.3 is 19.0 Å². The topological polar surface area (TPSA) is 66.2 Å². The summed E-state index contributed by atoms with van der Waals surface area (Å²) in [6.45, 7) is 10.1. The van der Waals surface area contributed by atoms with Crippen LogP contribution in [-0.4, -0.2) is 72.1 Å². The highest BCUT2D eigenvalue weighted by molar-refractivity contribution is 5.79. The number of hydrogen-bond acceptors (Lipinski definition) is 5. The van der Waals surface area contributed by atoms with Crippen molar-refractivity contribution in [3.05, 3.63) is 23.7 Å². The number of carbonyl (C=O) groups is 2. The molecule has 7 heteroatoms. The molecule has 2 heterocycles. The van der Waals surface area contributed by atoms with E-state index in [1.54, 1.807) is 4.90 Å². The number of nitrogens with zero attached hydrogens (tertiary/aromatic N) is 3. The zero-order chi connectivity index (χ0) is 20.1. The highest BCUT2D eigenvalue weighted by atomic mass is 16.6. The van der Waals surface area contributed by atoms with E-state index in [2.05, 4.69) is 4.90 Å². The van der Waals surface area contributed by atoms with Crippen LogP contribution in [0.1, 0.15) is 44.6 Å². The SMILES string of the molecule is Cc1ccc(CN(C(=O)CN2CCCN(C(=O)OCC(C)C)CC2)C2CC2)o1. The zero-order valence-corrected chi connectivity index (χ0v) is 17.4. The van der Waals surface area contributed by atoms with Gasteiger partial charge in [-0.05, 0) is 44.2 Å². The molecule has 1 aliphatic heterocycles. The van der Waals surface area contributed by atoms with Crippen molar-refractivity contribution in [2.45, 2.75) is 52.6 Å². The van der Waals surface area contributed by atoms with Crippen molar-refractivity contribution in [2.75, 3.05) is 39.3 Å². The van der Waals surface area contributed by atoms with Gasteiger partial charge in [-0.2, -0.15) is 0 Å². The van der Waals surface area contributed by atoms with Crippen molar-refractivity contribution in [1.82, 2.24) is 14.7 Å². The van der Waals surface area contributed by atoms with E-state index < -0.39 is 0 Å². The molecule has 0 radical (unpaired) electrons. The lowest BCUT2D eigenvalue weighted by atomic mass is 10.2. The highest BCUT2D eigenvalue weighted by Crippen LogP contribution is 2.29. The monoisotopic (exact) mass is 391 g/mol. The van der Waals surface area contributed by atoms with Gasteiger partial charge in [-0.25, -0.2) is 4.79 Å². The van der Waals surface area contributed by atoms with Gasteiger partial charge in [0.25, 0.3) is 0 Å². The van der Waals surface area contributed by atoms with E-state index >= 15 is 0 Å². The summed E-state index contributed by atoms with van der Waals surface area (Å²) in [6.07, 6.45) is 2.75. The number of carbonyl (C=O) groups excluding carboxylic acids is 2. The Balaban J connectivity index is 1.49. The first-order chi connectivity index (χ1) is 13.4. The first-order valence-electron chi connectivity index (χ1n) is 10.4. The van der Waals surface area contributed by atoms with Gasteiger partial charge in [0.05, 0.1) is 19.7 Å². The van der Waals surface area contributed by atoms with Crippen molar-refractivity contribution in [3.8, 4) is 0 Å². The minimum Gasteiger partial charge on any atom is -0.464 e. The van der Waals surface area contributed by atoms with Crippen LogP contribution in [0.3, 0.4) is 0 Å². The third-order valence-corrected chi connectivity index (χ3v) is 5.18. The molecule has 2 amide bonds. The molecule has 0 bridgehead atoms. The molecule has 1 aromatic heterocycles. The van der Waals surface area contributed by atoms with E-state index in [9.17, 15) is 9.59 Å². The molecule has 0 unspecified atom stereocenters. The normalized spacial score (nSPS) is 18.2. The summed E-state index contributed by atoms with van der Waals surface area (Å²) >= 11 is 0. The van der Waals surface area contributed by atoms with Crippen LogP contribution in [0.4, 0.5) is 4.79 Å². The molecule has 156 valence electrons. The van der Waals surface area contributed by atoms with Gasteiger partial charge in [0.1, 0.15) is 11.5 Å². The zero-order valence-electron chi connectivity index (χ0n) is 17.4.